The first-order valence-electron chi connectivity index (χ1n) is 6.53. The number of carbonyl (C=O) groups is 1. The topological polar surface area (TPSA) is 67.8 Å². The van der Waals surface area contributed by atoms with Crippen LogP contribution in [0.15, 0.2) is 12.1 Å². The summed E-state index contributed by atoms with van der Waals surface area (Å²) in [7, 11) is 0. The van der Waals surface area contributed by atoms with Gasteiger partial charge in [-0.2, -0.15) is 0 Å². The van der Waals surface area contributed by atoms with Crippen LogP contribution < -0.4 is 14.8 Å². The van der Waals surface area contributed by atoms with Gasteiger partial charge in [-0.05, 0) is 18.1 Å². The minimum atomic E-state index is -0.780. The molecule has 1 aromatic rings. The molecule has 0 radical (unpaired) electrons. The Bertz CT molecular complexity index is 573. The van der Waals surface area contributed by atoms with Gasteiger partial charge in [0.25, 0.3) is 0 Å². The second kappa shape index (κ2) is 4.53. The Hall–Kier alpha value is -1.46. The minimum Gasteiger partial charge on any atom is -0.481 e. The Balaban J connectivity index is 1.88. The molecule has 2 N–H and O–H groups in total. The van der Waals surface area contributed by atoms with E-state index in [-0.39, 0.29) is 12.0 Å². The summed E-state index contributed by atoms with van der Waals surface area (Å²) in [5, 5.41) is 12.8. The number of benzene rings is 1. The van der Waals surface area contributed by atoms with E-state index in [1.165, 1.54) is 0 Å². The highest BCUT2D eigenvalue weighted by atomic mass is 35.5. The molecule has 0 spiro atoms. The summed E-state index contributed by atoms with van der Waals surface area (Å²) >= 11 is 6.29. The van der Waals surface area contributed by atoms with E-state index in [1.807, 2.05) is 19.9 Å². The molecular weight excluding hydrogens is 282 g/mol. The minimum absolute atomic E-state index is 0.0683. The zero-order valence-corrected chi connectivity index (χ0v) is 12.0. The van der Waals surface area contributed by atoms with Gasteiger partial charge >= 0.3 is 5.97 Å². The third-order valence-electron chi connectivity index (χ3n) is 3.63. The van der Waals surface area contributed by atoms with E-state index in [0.717, 1.165) is 5.56 Å². The molecule has 6 heteroatoms. The van der Waals surface area contributed by atoms with Gasteiger partial charge in [0.05, 0.1) is 5.92 Å². The first kappa shape index (κ1) is 13.5. The van der Waals surface area contributed by atoms with Gasteiger partial charge in [0.1, 0.15) is 0 Å². The van der Waals surface area contributed by atoms with Gasteiger partial charge in [-0.1, -0.05) is 11.6 Å². The average molecular weight is 298 g/mol. The van der Waals surface area contributed by atoms with Crippen LogP contribution in [0, 0.1) is 5.92 Å². The highest BCUT2D eigenvalue weighted by molar-refractivity contribution is 6.31. The van der Waals surface area contributed by atoms with Gasteiger partial charge in [0, 0.05) is 37.5 Å². The Morgan fingerprint density at radius 3 is 2.65 bits per heavy atom. The number of hydrogen-bond donors (Lipinski definition) is 2. The van der Waals surface area contributed by atoms with Gasteiger partial charge in [0.15, 0.2) is 11.5 Å². The molecular formula is C14H16ClNO4. The molecule has 1 fully saturated rings. The Morgan fingerprint density at radius 2 is 2.05 bits per heavy atom. The Morgan fingerprint density at radius 1 is 1.40 bits per heavy atom. The quantitative estimate of drug-likeness (QED) is 0.878. The summed E-state index contributed by atoms with van der Waals surface area (Å²) < 4.78 is 11.3. The molecule has 5 nitrogen and oxygen atoms in total. The van der Waals surface area contributed by atoms with Crippen LogP contribution in [0.1, 0.15) is 31.9 Å². The first-order chi connectivity index (χ1) is 9.35. The van der Waals surface area contributed by atoms with Gasteiger partial charge in [-0.3, -0.25) is 4.79 Å². The van der Waals surface area contributed by atoms with E-state index in [9.17, 15) is 4.79 Å². The maximum absolute atomic E-state index is 11.0. The maximum Gasteiger partial charge on any atom is 0.307 e. The molecule has 2 unspecified atom stereocenters. The number of hydrogen-bond acceptors (Lipinski definition) is 4. The molecule has 1 saturated heterocycles. The third kappa shape index (κ3) is 2.31. The van der Waals surface area contributed by atoms with Crippen LogP contribution in [0.25, 0.3) is 0 Å². The van der Waals surface area contributed by atoms with Crippen LogP contribution in [0.5, 0.6) is 11.5 Å². The summed E-state index contributed by atoms with van der Waals surface area (Å²) in [5.41, 5.74) is 0.857. The molecule has 0 saturated carbocycles. The van der Waals surface area contributed by atoms with E-state index >= 15 is 0 Å². The first-order valence-corrected chi connectivity index (χ1v) is 6.91. The number of ether oxygens (including phenoxy) is 2. The van der Waals surface area contributed by atoms with Crippen molar-refractivity contribution >= 4 is 17.6 Å². The van der Waals surface area contributed by atoms with E-state index in [1.54, 1.807) is 6.07 Å². The molecule has 3 rings (SSSR count). The predicted octanol–water partition coefficient (Wildman–Crippen LogP) is 2.58. The fraction of sp³-hybridized carbons (Fsp3) is 0.500. The molecule has 2 heterocycles. The van der Waals surface area contributed by atoms with Crippen LogP contribution in [0.4, 0.5) is 0 Å². The normalized spacial score (nSPS) is 26.8. The molecule has 1 aromatic carbocycles. The number of rotatable bonds is 2. The van der Waals surface area contributed by atoms with E-state index in [0.29, 0.717) is 29.5 Å². The van der Waals surface area contributed by atoms with Gasteiger partial charge in [-0.25, -0.2) is 0 Å². The number of aliphatic carboxylic acids is 1. The number of halogens is 1. The van der Waals surface area contributed by atoms with Crippen molar-refractivity contribution in [2.75, 3.05) is 6.54 Å². The van der Waals surface area contributed by atoms with Crippen molar-refractivity contribution in [1.29, 1.82) is 0 Å². The van der Waals surface area contributed by atoms with Crippen LogP contribution in [0.2, 0.25) is 5.02 Å². The molecule has 0 aliphatic carbocycles. The highest BCUT2D eigenvalue weighted by Crippen LogP contribution is 2.44. The van der Waals surface area contributed by atoms with Crippen molar-refractivity contribution in [2.45, 2.75) is 32.1 Å². The standard InChI is InChI=1S/C14H16ClNO4/c1-14(2)19-11-4-8(9(15)5-12(11)20-14)10-3-7(6-16-10)13(17)18/h4-5,7,10,16H,3,6H2,1-2H3,(H,17,18). The molecule has 2 atom stereocenters. The molecule has 2 aliphatic heterocycles. The van der Waals surface area contributed by atoms with E-state index in [2.05, 4.69) is 5.32 Å². The molecule has 20 heavy (non-hydrogen) atoms. The second-order valence-corrected chi connectivity index (χ2v) is 6.06. The van der Waals surface area contributed by atoms with Gasteiger partial charge in [0.2, 0.25) is 5.79 Å². The van der Waals surface area contributed by atoms with Crippen molar-refractivity contribution < 1.29 is 19.4 Å². The Labute approximate surface area is 121 Å². The van der Waals surface area contributed by atoms with E-state index in [4.69, 9.17) is 26.2 Å². The van der Waals surface area contributed by atoms with Gasteiger partial charge in [-0.15, -0.1) is 0 Å². The number of fused-ring (bicyclic) bond motifs is 1. The summed E-state index contributed by atoms with van der Waals surface area (Å²) in [6, 6.07) is 3.51. The van der Waals surface area contributed by atoms with Crippen LogP contribution in [-0.4, -0.2) is 23.4 Å². The molecule has 0 amide bonds. The number of carboxylic acids is 1. The van der Waals surface area contributed by atoms with Crippen molar-refractivity contribution in [3.63, 3.8) is 0 Å². The molecule has 2 aliphatic rings. The second-order valence-electron chi connectivity index (χ2n) is 5.66. The van der Waals surface area contributed by atoms with Crippen molar-refractivity contribution in [2.24, 2.45) is 5.92 Å². The average Bonchev–Trinajstić information content (AvgIpc) is 2.90. The maximum atomic E-state index is 11.0. The lowest BCUT2D eigenvalue weighted by atomic mass is 10.00. The summed E-state index contributed by atoms with van der Waals surface area (Å²) in [5.74, 6) is -0.584. The Kier molecular flexibility index (Phi) is 3.06. The largest absolute Gasteiger partial charge is 0.481 e. The molecule has 0 bridgehead atoms. The lowest BCUT2D eigenvalue weighted by Gasteiger charge is -2.16. The van der Waals surface area contributed by atoms with Crippen LogP contribution in [-0.2, 0) is 4.79 Å². The summed E-state index contributed by atoms with van der Waals surface area (Å²) in [4.78, 5) is 11.0. The fourth-order valence-corrected chi connectivity index (χ4v) is 2.97. The van der Waals surface area contributed by atoms with Crippen molar-refractivity contribution in [3.8, 4) is 11.5 Å². The lowest BCUT2D eigenvalue weighted by Crippen LogP contribution is -2.29. The number of nitrogens with one attached hydrogen (secondary N) is 1. The fourth-order valence-electron chi connectivity index (χ4n) is 2.69. The zero-order chi connectivity index (χ0) is 14.5. The molecule has 108 valence electrons. The zero-order valence-electron chi connectivity index (χ0n) is 11.3. The smallest absolute Gasteiger partial charge is 0.307 e. The monoisotopic (exact) mass is 297 g/mol. The third-order valence-corrected chi connectivity index (χ3v) is 3.96. The number of carboxylic acid groups (broad SMARTS) is 1. The van der Waals surface area contributed by atoms with Crippen molar-refractivity contribution in [1.82, 2.24) is 5.32 Å². The van der Waals surface area contributed by atoms with Gasteiger partial charge < -0.3 is 19.9 Å². The predicted molar refractivity (Wildman–Crippen MR) is 73.3 cm³/mol. The highest BCUT2D eigenvalue weighted by Gasteiger charge is 2.35. The van der Waals surface area contributed by atoms with Crippen LogP contribution in [0.3, 0.4) is 0 Å². The molecule has 0 aromatic heterocycles. The van der Waals surface area contributed by atoms with E-state index < -0.39 is 11.8 Å². The lowest BCUT2D eigenvalue weighted by molar-refractivity contribution is -0.141. The van der Waals surface area contributed by atoms with Crippen LogP contribution >= 0.6 is 11.6 Å². The SMILES string of the molecule is CC1(C)Oc2cc(Cl)c(C3CC(C(=O)O)CN3)cc2O1. The summed E-state index contributed by atoms with van der Waals surface area (Å²) in [6.07, 6.45) is 0.526. The summed E-state index contributed by atoms with van der Waals surface area (Å²) in [6.45, 7) is 4.11. The van der Waals surface area contributed by atoms with Crippen molar-refractivity contribution in [3.05, 3.63) is 22.7 Å².